The van der Waals surface area contributed by atoms with Gasteiger partial charge in [0.1, 0.15) is 12.4 Å². The van der Waals surface area contributed by atoms with Crippen LogP contribution in [0.1, 0.15) is 84.0 Å². The Morgan fingerprint density at radius 3 is 1.92 bits per heavy atom. The molecule has 0 heterocycles. The van der Waals surface area contributed by atoms with E-state index in [0.717, 1.165) is 18.6 Å². The summed E-state index contributed by atoms with van der Waals surface area (Å²) in [6, 6.07) is 10.0. The van der Waals surface area contributed by atoms with Crippen molar-refractivity contribution in [2.24, 2.45) is 11.5 Å². The van der Waals surface area contributed by atoms with Crippen LogP contribution in [0.3, 0.4) is 0 Å². The molecule has 0 aliphatic rings. The van der Waals surface area contributed by atoms with Crippen LogP contribution >= 0.6 is 0 Å². The number of rotatable bonds is 16. The maximum Gasteiger partial charge on any atom is 0.119 e. The van der Waals surface area contributed by atoms with Gasteiger partial charge in [0.05, 0.1) is 0 Å². The van der Waals surface area contributed by atoms with Crippen LogP contribution < -0.4 is 16.2 Å². The summed E-state index contributed by atoms with van der Waals surface area (Å²) in [5.41, 5.74) is 12.4. The van der Waals surface area contributed by atoms with E-state index in [1.807, 2.05) is 30.3 Å². The van der Waals surface area contributed by atoms with Crippen LogP contribution in [0.15, 0.2) is 30.3 Å². The molecule has 0 amide bonds. The van der Waals surface area contributed by atoms with Gasteiger partial charge in [0.2, 0.25) is 0 Å². The second-order valence-corrected chi connectivity index (χ2v) is 7.35. The Morgan fingerprint density at radius 1 is 0.760 bits per heavy atom. The lowest BCUT2D eigenvalue weighted by atomic mass is 10.0. The molecule has 0 spiro atoms. The monoisotopic (exact) mass is 348 g/mol. The minimum absolute atomic E-state index is 0.0123. The fraction of sp³-hybridized carbons (Fsp3) is 0.727. The van der Waals surface area contributed by atoms with E-state index in [0.29, 0.717) is 6.61 Å². The fourth-order valence-electron chi connectivity index (χ4n) is 3.19. The highest BCUT2D eigenvalue weighted by molar-refractivity contribution is 5.20. The van der Waals surface area contributed by atoms with Crippen molar-refractivity contribution >= 4 is 0 Å². The quantitative estimate of drug-likeness (QED) is 0.392. The van der Waals surface area contributed by atoms with Crippen LogP contribution in [0, 0.1) is 0 Å². The third-order valence-electron chi connectivity index (χ3n) is 4.74. The van der Waals surface area contributed by atoms with Crippen molar-refractivity contribution < 1.29 is 4.74 Å². The van der Waals surface area contributed by atoms with E-state index in [1.165, 1.54) is 64.2 Å². The summed E-state index contributed by atoms with van der Waals surface area (Å²) in [5.74, 6) is 0.876. The topological polar surface area (TPSA) is 61.3 Å². The van der Waals surface area contributed by atoms with Crippen molar-refractivity contribution in [1.82, 2.24) is 0 Å². The molecule has 0 aromatic heterocycles. The normalized spacial score (nSPS) is 13.6. The van der Waals surface area contributed by atoms with Crippen molar-refractivity contribution in [2.45, 2.75) is 96.1 Å². The number of unbranched alkanes of at least 4 members (excludes halogenated alkanes) is 9. The van der Waals surface area contributed by atoms with Crippen LogP contribution in [0.25, 0.3) is 0 Å². The molecule has 0 radical (unpaired) electrons. The van der Waals surface area contributed by atoms with Crippen LogP contribution in [-0.2, 0) is 0 Å². The van der Waals surface area contributed by atoms with Gasteiger partial charge in [-0.25, -0.2) is 0 Å². The third kappa shape index (κ3) is 12.9. The van der Waals surface area contributed by atoms with E-state index in [9.17, 15) is 0 Å². The zero-order chi connectivity index (χ0) is 18.2. The van der Waals surface area contributed by atoms with Crippen molar-refractivity contribution in [3.63, 3.8) is 0 Å². The van der Waals surface area contributed by atoms with Gasteiger partial charge in [-0.1, -0.05) is 89.3 Å². The summed E-state index contributed by atoms with van der Waals surface area (Å²) in [5, 5.41) is 0. The SMILES string of the molecule is CCCCCCCCCCCCC(N)CC(N)COc1ccccc1. The van der Waals surface area contributed by atoms with Gasteiger partial charge >= 0.3 is 0 Å². The number of hydrogen-bond donors (Lipinski definition) is 2. The molecule has 0 aliphatic heterocycles. The van der Waals surface area contributed by atoms with Crippen LogP contribution in [0.2, 0.25) is 0 Å². The minimum Gasteiger partial charge on any atom is -0.492 e. The van der Waals surface area contributed by atoms with Gasteiger partial charge in [-0.15, -0.1) is 0 Å². The zero-order valence-electron chi connectivity index (χ0n) is 16.3. The maximum absolute atomic E-state index is 6.22. The summed E-state index contributed by atoms with van der Waals surface area (Å²) >= 11 is 0. The lowest BCUT2D eigenvalue weighted by molar-refractivity contribution is 0.273. The van der Waals surface area contributed by atoms with E-state index >= 15 is 0 Å². The van der Waals surface area contributed by atoms with E-state index in [-0.39, 0.29) is 12.1 Å². The van der Waals surface area contributed by atoms with Gasteiger partial charge in [0.15, 0.2) is 0 Å². The van der Waals surface area contributed by atoms with Crippen LogP contribution in [0.5, 0.6) is 5.75 Å². The van der Waals surface area contributed by atoms with Crippen molar-refractivity contribution in [3.8, 4) is 5.75 Å². The smallest absolute Gasteiger partial charge is 0.119 e. The summed E-state index contributed by atoms with van der Waals surface area (Å²) < 4.78 is 5.69. The first kappa shape index (κ1) is 22.0. The molecule has 0 aliphatic carbocycles. The lowest BCUT2D eigenvalue weighted by Gasteiger charge is -2.18. The molecule has 3 heteroatoms. The number of benzene rings is 1. The first-order valence-corrected chi connectivity index (χ1v) is 10.4. The van der Waals surface area contributed by atoms with E-state index < -0.39 is 0 Å². The lowest BCUT2D eigenvalue weighted by Crippen LogP contribution is -2.35. The van der Waals surface area contributed by atoms with Crippen LogP contribution in [0.4, 0.5) is 0 Å². The minimum atomic E-state index is 0.0123. The van der Waals surface area contributed by atoms with Gasteiger partial charge in [-0.2, -0.15) is 0 Å². The molecular weight excluding hydrogens is 308 g/mol. The molecule has 3 nitrogen and oxygen atoms in total. The summed E-state index contributed by atoms with van der Waals surface area (Å²) in [6.45, 7) is 2.81. The third-order valence-corrected chi connectivity index (χ3v) is 4.74. The zero-order valence-corrected chi connectivity index (χ0v) is 16.3. The number of hydrogen-bond acceptors (Lipinski definition) is 3. The average molecular weight is 349 g/mol. The molecule has 0 saturated heterocycles. The van der Waals surface area contributed by atoms with E-state index in [2.05, 4.69) is 6.92 Å². The fourth-order valence-corrected chi connectivity index (χ4v) is 3.19. The van der Waals surface area contributed by atoms with Crippen molar-refractivity contribution in [1.29, 1.82) is 0 Å². The Morgan fingerprint density at radius 2 is 1.32 bits per heavy atom. The first-order valence-electron chi connectivity index (χ1n) is 10.4. The molecular formula is C22H40N2O. The highest BCUT2D eigenvalue weighted by Gasteiger charge is 2.10. The Balaban J connectivity index is 1.91. The molecule has 1 aromatic rings. The second-order valence-electron chi connectivity index (χ2n) is 7.35. The standard InChI is InChI=1S/C22H40N2O/c1-2-3-4-5-6-7-8-9-10-12-15-20(23)18-21(24)19-25-22-16-13-11-14-17-22/h11,13-14,16-17,20-21H,2-10,12,15,18-19,23-24H2,1H3. The molecule has 25 heavy (non-hydrogen) atoms. The molecule has 0 bridgehead atoms. The summed E-state index contributed by atoms with van der Waals surface area (Å²) in [6.07, 6.45) is 15.6. The maximum atomic E-state index is 6.22. The molecule has 0 saturated carbocycles. The average Bonchev–Trinajstić information content (AvgIpc) is 2.62. The van der Waals surface area contributed by atoms with Crippen molar-refractivity contribution in [2.75, 3.05) is 6.61 Å². The Hall–Kier alpha value is -1.06. The highest BCUT2D eigenvalue weighted by Crippen LogP contribution is 2.13. The molecule has 0 fully saturated rings. The van der Waals surface area contributed by atoms with Gasteiger partial charge in [-0.3, -0.25) is 0 Å². The van der Waals surface area contributed by atoms with E-state index in [1.54, 1.807) is 0 Å². The molecule has 4 N–H and O–H groups in total. The molecule has 2 atom stereocenters. The number of nitrogens with two attached hydrogens (primary N) is 2. The first-order chi connectivity index (χ1) is 12.2. The Kier molecular flexibility index (Phi) is 13.4. The second kappa shape index (κ2) is 15.2. The predicted octanol–water partition coefficient (Wildman–Crippen LogP) is 5.42. The molecule has 144 valence electrons. The van der Waals surface area contributed by atoms with Crippen LogP contribution in [-0.4, -0.2) is 18.7 Å². The summed E-state index contributed by atoms with van der Waals surface area (Å²) in [4.78, 5) is 0. The van der Waals surface area contributed by atoms with Gasteiger partial charge < -0.3 is 16.2 Å². The van der Waals surface area contributed by atoms with Gasteiger partial charge in [-0.05, 0) is 25.0 Å². The number of ether oxygens (including phenoxy) is 1. The Bertz CT molecular complexity index is 396. The molecule has 2 unspecified atom stereocenters. The highest BCUT2D eigenvalue weighted by atomic mass is 16.5. The number of para-hydroxylation sites is 1. The molecule has 1 aromatic carbocycles. The molecule has 1 rings (SSSR count). The predicted molar refractivity (Wildman–Crippen MR) is 109 cm³/mol. The Labute approximate surface area is 155 Å². The van der Waals surface area contributed by atoms with Crippen molar-refractivity contribution in [3.05, 3.63) is 30.3 Å². The van der Waals surface area contributed by atoms with E-state index in [4.69, 9.17) is 16.2 Å². The van der Waals surface area contributed by atoms with Gasteiger partial charge in [0.25, 0.3) is 0 Å². The summed E-state index contributed by atoms with van der Waals surface area (Å²) in [7, 11) is 0. The van der Waals surface area contributed by atoms with Gasteiger partial charge in [0, 0.05) is 12.1 Å². The largest absolute Gasteiger partial charge is 0.492 e.